The van der Waals surface area contributed by atoms with Gasteiger partial charge in [-0.05, 0) is 13.0 Å². The van der Waals surface area contributed by atoms with Crippen LogP contribution in [0.3, 0.4) is 0 Å². The molecule has 0 saturated carbocycles. The Kier molecular flexibility index (Phi) is 4.22. The largest absolute Gasteiger partial charge is 0.383 e. The summed E-state index contributed by atoms with van der Waals surface area (Å²) < 4.78 is 5.03. The molecule has 1 unspecified atom stereocenters. The molecule has 0 saturated heterocycles. The summed E-state index contributed by atoms with van der Waals surface area (Å²) in [6.45, 7) is 2.50. The summed E-state index contributed by atoms with van der Waals surface area (Å²) in [5.41, 5.74) is 5.34. The maximum atomic E-state index is 10.6. The van der Waals surface area contributed by atoms with Crippen molar-refractivity contribution >= 4 is 17.3 Å². The van der Waals surface area contributed by atoms with E-state index in [2.05, 4.69) is 4.98 Å². The molecule has 0 radical (unpaired) electrons. The van der Waals surface area contributed by atoms with Gasteiger partial charge in [0.05, 0.1) is 17.6 Å². The molecule has 1 aromatic heterocycles. The third kappa shape index (κ3) is 3.04. The van der Waals surface area contributed by atoms with Crippen LogP contribution in [0.25, 0.3) is 0 Å². The summed E-state index contributed by atoms with van der Waals surface area (Å²) >= 11 is 0. The third-order valence-electron chi connectivity index (χ3n) is 2.51. The fourth-order valence-corrected chi connectivity index (χ4v) is 1.39. The Labute approximate surface area is 99.3 Å². The van der Waals surface area contributed by atoms with E-state index in [-0.39, 0.29) is 17.5 Å². The molecule has 7 nitrogen and oxygen atoms in total. The maximum Gasteiger partial charge on any atom is 0.311 e. The maximum absolute atomic E-state index is 10.6. The van der Waals surface area contributed by atoms with E-state index in [0.717, 1.165) is 0 Å². The molecular formula is C10H16N4O3. The van der Waals surface area contributed by atoms with Crippen LogP contribution in [0.5, 0.6) is 0 Å². The number of hydrogen-bond donors (Lipinski definition) is 1. The molecule has 0 amide bonds. The zero-order chi connectivity index (χ0) is 13.0. The predicted molar refractivity (Wildman–Crippen MR) is 65.0 cm³/mol. The van der Waals surface area contributed by atoms with Gasteiger partial charge in [-0.3, -0.25) is 10.1 Å². The number of hydrogen-bond acceptors (Lipinski definition) is 6. The molecule has 1 aromatic rings. The molecule has 1 rings (SSSR count). The molecule has 7 heteroatoms. The van der Waals surface area contributed by atoms with Gasteiger partial charge < -0.3 is 15.4 Å². The Balaban J connectivity index is 2.93. The molecule has 0 aliphatic heterocycles. The topological polar surface area (TPSA) is 94.5 Å². The van der Waals surface area contributed by atoms with Gasteiger partial charge in [-0.2, -0.15) is 0 Å². The highest BCUT2D eigenvalue weighted by atomic mass is 16.6. The van der Waals surface area contributed by atoms with Crippen molar-refractivity contribution in [3.05, 3.63) is 22.2 Å². The van der Waals surface area contributed by atoms with Crippen LogP contribution in [0, 0.1) is 10.1 Å². The summed E-state index contributed by atoms with van der Waals surface area (Å²) in [7, 11) is 3.44. The molecule has 94 valence electrons. The summed E-state index contributed by atoms with van der Waals surface area (Å²) in [6.07, 6.45) is 0. The molecule has 0 aliphatic rings. The monoisotopic (exact) mass is 240 g/mol. The normalized spacial score (nSPS) is 12.2. The average molecular weight is 240 g/mol. The molecule has 2 N–H and O–H groups in total. The van der Waals surface area contributed by atoms with Gasteiger partial charge in [0, 0.05) is 20.2 Å². The Morgan fingerprint density at radius 3 is 2.76 bits per heavy atom. The van der Waals surface area contributed by atoms with E-state index in [1.54, 1.807) is 13.2 Å². The lowest BCUT2D eigenvalue weighted by Crippen LogP contribution is -2.33. The van der Waals surface area contributed by atoms with Crippen molar-refractivity contribution in [2.75, 3.05) is 31.4 Å². The van der Waals surface area contributed by atoms with Crippen molar-refractivity contribution in [1.82, 2.24) is 4.98 Å². The SMILES string of the molecule is COCC(C)N(C)c1ccc([N+](=O)[O-])c(N)n1. The number of anilines is 2. The Morgan fingerprint density at radius 2 is 2.29 bits per heavy atom. The van der Waals surface area contributed by atoms with Crippen LogP contribution in [-0.4, -0.2) is 36.7 Å². The van der Waals surface area contributed by atoms with Gasteiger partial charge in [-0.25, -0.2) is 4.98 Å². The van der Waals surface area contributed by atoms with E-state index in [1.807, 2.05) is 18.9 Å². The molecule has 0 spiro atoms. The van der Waals surface area contributed by atoms with Crippen LogP contribution in [0.1, 0.15) is 6.92 Å². The molecule has 0 fully saturated rings. The fraction of sp³-hybridized carbons (Fsp3) is 0.500. The first kappa shape index (κ1) is 13.2. The number of methoxy groups -OCH3 is 1. The number of ether oxygens (including phenoxy) is 1. The number of pyridine rings is 1. The van der Waals surface area contributed by atoms with Crippen molar-refractivity contribution < 1.29 is 9.66 Å². The number of nitrogens with two attached hydrogens (primary N) is 1. The lowest BCUT2D eigenvalue weighted by Gasteiger charge is -2.25. The second-order valence-electron chi connectivity index (χ2n) is 3.75. The minimum atomic E-state index is -0.551. The quantitative estimate of drug-likeness (QED) is 0.610. The van der Waals surface area contributed by atoms with Crippen molar-refractivity contribution in [1.29, 1.82) is 0 Å². The van der Waals surface area contributed by atoms with Gasteiger partial charge in [0.15, 0.2) is 0 Å². The smallest absolute Gasteiger partial charge is 0.311 e. The zero-order valence-electron chi connectivity index (χ0n) is 10.1. The number of nitrogens with zero attached hydrogens (tertiary/aromatic N) is 3. The van der Waals surface area contributed by atoms with E-state index < -0.39 is 4.92 Å². The number of rotatable bonds is 5. The Bertz CT molecular complexity index is 411. The highest BCUT2D eigenvalue weighted by molar-refractivity contribution is 5.57. The lowest BCUT2D eigenvalue weighted by molar-refractivity contribution is -0.384. The predicted octanol–water partition coefficient (Wildman–Crippen LogP) is 1.04. The minimum absolute atomic E-state index is 0.0797. The first-order valence-electron chi connectivity index (χ1n) is 5.10. The molecular weight excluding hydrogens is 224 g/mol. The molecule has 0 aliphatic carbocycles. The van der Waals surface area contributed by atoms with Crippen LogP contribution < -0.4 is 10.6 Å². The van der Waals surface area contributed by atoms with E-state index in [0.29, 0.717) is 12.4 Å². The molecule has 1 heterocycles. The summed E-state index contributed by atoms with van der Waals surface area (Å²) in [6, 6.07) is 3.03. The molecule has 0 aromatic carbocycles. The van der Waals surface area contributed by atoms with Crippen LogP contribution in [0.2, 0.25) is 0 Å². The van der Waals surface area contributed by atoms with E-state index >= 15 is 0 Å². The van der Waals surface area contributed by atoms with E-state index in [1.165, 1.54) is 6.07 Å². The number of nitro groups is 1. The van der Waals surface area contributed by atoms with Crippen LogP contribution in [-0.2, 0) is 4.74 Å². The zero-order valence-corrected chi connectivity index (χ0v) is 10.1. The summed E-state index contributed by atoms with van der Waals surface area (Å²) in [5.74, 6) is 0.501. The Hall–Kier alpha value is -1.89. The van der Waals surface area contributed by atoms with Crippen LogP contribution in [0.15, 0.2) is 12.1 Å². The standard InChI is InChI=1S/C10H16N4O3/c1-7(6-17-3)13(2)9-5-4-8(14(15)16)10(11)12-9/h4-5,7H,6H2,1-3H3,(H2,11,12). The molecule has 1 atom stereocenters. The summed E-state index contributed by atoms with van der Waals surface area (Å²) in [4.78, 5) is 15.9. The minimum Gasteiger partial charge on any atom is -0.383 e. The van der Waals surface area contributed by atoms with Crippen molar-refractivity contribution in [3.63, 3.8) is 0 Å². The Morgan fingerprint density at radius 1 is 1.65 bits per heavy atom. The van der Waals surface area contributed by atoms with Crippen LogP contribution in [0.4, 0.5) is 17.3 Å². The van der Waals surface area contributed by atoms with Gasteiger partial charge >= 0.3 is 5.69 Å². The van der Waals surface area contributed by atoms with Gasteiger partial charge in [0.1, 0.15) is 5.82 Å². The van der Waals surface area contributed by atoms with Gasteiger partial charge in [-0.15, -0.1) is 0 Å². The molecule has 17 heavy (non-hydrogen) atoms. The fourth-order valence-electron chi connectivity index (χ4n) is 1.39. The lowest BCUT2D eigenvalue weighted by atomic mass is 10.3. The highest BCUT2D eigenvalue weighted by Crippen LogP contribution is 2.23. The second kappa shape index (κ2) is 5.44. The van der Waals surface area contributed by atoms with Gasteiger partial charge in [-0.1, -0.05) is 0 Å². The molecule has 0 bridgehead atoms. The van der Waals surface area contributed by atoms with Gasteiger partial charge in [0.25, 0.3) is 0 Å². The third-order valence-corrected chi connectivity index (χ3v) is 2.51. The van der Waals surface area contributed by atoms with Gasteiger partial charge in [0.2, 0.25) is 5.82 Å². The second-order valence-corrected chi connectivity index (χ2v) is 3.75. The highest BCUT2D eigenvalue weighted by Gasteiger charge is 2.16. The number of aromatic nitrogens is 1. The van der Waals surface area contributed by atoms with Crippen molar-refractivity contribution in [2.24, 2.45) is 0 Å². The van der Waals surface area contributed by atoms with E-state index in [4.69, 9.17) is 10.5 Å². The summed E-state index contributed by atoms with van der Waals surface area (Å²) in [5, 5.41) is 10.6. The number of likely N-dealkylation sites (N-methyl/N-ethyl adjacent to an activating group) is 1. The average Bonchev–Trinajstić information content (AvgIpc) is 2.27. The first-order valence-corrected chi connectivity index (χ1v) is 5.10. The van der Waals surface area contributed by atoms with Crippen molar-refractivity contribution in [3.8, 4) is 0 Å². The number of nitrogen functional groups attached to an aromatic ring is 1. The van der Waals surface area contributed by atoms with E-state index in [9.17, 15) is 10.1 Å². The van der Waals surface area contributed by atoms with Crippen LogP contribution >= 0.6 is 0 Å². The first-order chi connectivity index (χ1) is 7.97. The van der Waals surface area contributed by atoms with Crippen molar-refractivity contribution in [2.45, 2.75) is 13.0 Å².